The molecule has 0 aliphatic heterocycles. The number of carbonyl (C=O) groups excluding carboxylic acids is 1. The molecule has 0 aliphatic rings. The molecule has 0 fully saturated rings. The number of rotatable bonds is 6. The molecule has 1 unspecified atom stereocenters. The molecule has 5 heteroatoms. The number of hydrogen-bond donors (Lipinski definition) is 2. The number of amides is 1. The number of benzene rings is 1. The second-order valence-corrected chi connectivity index (χ2v) is 5.64. The van der Waals surface area contributed by atoms with Crippen LogP contribution in [0.4, 0.5) is 0 Å². The number of aromatic nitrogens is 1. The molecular weight excluding hydrogens is 300 g/mol. The number of nitrogens with zero attached hydrogens (tertiary/aromatic N) is 1. The van der Waals surface area contributed by atoms with Crippen molar-refractivity contribution in [2.24, 2.45) is 5.92 Å². The van der Waals surface area contributed by atoms with Crippen molar-refractivity contribution in [1.82, 2.24) is 10.3 Å². The summed E-state index contributed by atoms with van der Waals surface area (Å²) >= 11 is 6.13. The number of pyridine rings is 1. The molecule has 0 aliphatic carbocycles. The maximum absolute atomic E-state index is 12.3. The van der Waals surface area contributed by atoms with Gasteiger partial charge in [0.1, 0.15) is 0 Å². The molecule has 0 radical (unpaired) electrons. The van der Waals surface area contributed by atoms with E-state index < -0.39 is 0 Å². The summed E-state index contributed by atoms with van der Waals surface area (Å²) < 4.78 is 0. The van der Waals surface area contributed by atoms with Crippen LogP contribution in [0.3, 0.4) is 0 Å². The van der Waals surface area contributed by atoms with Crippen molar-refractivity contribution in [3.05, 3.63) is 53.2 Å². The highest BCUT2D eigenvalue weighted by Gasteiger charge is 2.13. The van der Waals surface area contributed by atoms with Gasteiger partial charge < -0.3 is 10.4 Å². The lowest BCUT2D eigenvalue weighted by Gasteiger charge is -2.12. The van der Waals surface area contributed by atoms with Crippen molar-refractivity contribution in [1.29, 1.82) is 0 Å². The summed E-state index contributed by atoms with van der Waals surface area (Å²) in [6.07, 6.45) is 2.36. The van der Waals surface area contributed by atoms with E-state index in [1.54, 1.807) is 18.3 Å². The molecule has 116 valence electrons. The van der Waals surface area contributed by atoms with Gasteiger partial charge >= 0.3 is 0 Å². The molecule has 1 atom stereocenters. The first-order valence-electron chi connectivity index (χ1n) is 7.22. The van der Waals surface area contributed by atoms with E-state index in [1.165, 1.54) is 0 Å². The fourth-order valence-corrected chi connectivity index (χ4v) is 2.28. The summed E-state index contributed by atoms with van der Waals surface area (Å²) in [6, 6.07) is 10.9. The summed E-state index contributed by atoms with van der Waals surface area (Å²) in [5.74, 6) is -0.000677. The van der Waals surface area contributed by atoms with Gasteiger partial charge in [0.05, 0.1) is 16.3 Å². The van der Waals surface area contributed by atoms with Crippen LogP contribution in [0.5, 0.6) is 0 Å². The average Bonchev–Trinajstić information content (AvgIpc) is 2.54. The zero-order valence-electron chi connectivity index (χ0n) is 12.4. The molecule has 2 N–H and O–H groups in total. The maximum Gasteiger partial charge on any atom is 0.252 e. The summed E-state index contributed by atoms with van der Waals surface area (Å²) in [5.41, 5.74) is 2.07. The normalized spacial score (nSPS) is 12.0. The lowest BCUT2D eigenvalue weighted by Crippen LogP contribution is -2.28. The summed E-state index contributed by atoms with van der Waals surface area (Å²) in [7, 11) is 0. The molecule has 1 amide bonds. The summed E-state index contributed by atoms with van der Waals surface area (Å²) in [6.45, 7) is 2.60. The van der Waals surface area contributed by atoms with Gasteiger partial charge in [-0.05, 0) is 36.6 Å². The molecular formula is C17H19ClN2O2. The third kappa shape index (κ3) is 4.29. The first-order chi connectivity index (χ1) is 10.6. The van der Waals surface area contributed by atoms with Crippen LogP contribution in [0.1, 0.15) is 23.7 Å². The number of carbonyl (C=O) groups is 1. The van der Waals surface area contributed by atoms with Gasteiger partial charge in [-0.1, -0.05) is 30.7 Å². The van der Waals surface area contributed by atoms with Gasteiger partial charge in [0.25, 0.3) is 5.91 Å². The van der Waals surface area contributed by atoms with Crippen LogP contribution in [0.2, 0.25) is 5.02 Å². The second-order valence-electron chi connectivity index (χ2n) is 5.24. The third-order valence-corrected chi connectivity index (χ3v) is 3.73. The van der Waals surface area contributed by atoms with Crippen LogP contribution < -0.4 is 5.32 Å². The Hall–Kier alpha value is -1.91. The number of aliphatic hydroxyl groups is 1. The number of aliphatic hydroxyl groups excluding tert-OH is 1. The Bertz CT molecular complexity index is 632. The Morgan fingerprint density at radius 1 is 1.36 bits per heavy atom. The summed E-state index contributed by atoms with van der Waals surface area (Å²) in [4.78, 5) is 16.6. The van der Waals surface area contributed by atoms with E-state index >= 15 is 0 Å². The van der Waals surface area contributed by atoms with Crippen molar-refractivity contribution in [3.8, 4) is 11.3 Å². The van der Waals surface area contributed by atoms with Gasteiger partial charge in [-0.25, -0.2) is 0 Å². The van der Waals surface area contributed by atoms with Gasteiger partial charge in [-0.15, -0.1) is 0 Å². The zero-order valence-corrected chi connectivity index (χ0v) is 13.2. The monoisotopic (exact) mass is 318 g/mol. The predicted molar refractivity (Wildman–Crippen MR) is 87.9 cm³/mol. The molecule has 0 spiro atoms. The largest absolute Gasteiger partial charge is 0.396 e. The minimum atomic E-state index is -0.215. The Balaban J connectivity index is 2.15. The molecule has 22 heavy (non-hydrogen) atoms. The Morgan fingerprint density at radius 2 is 2.18 bits per heavy atom. The van der Waals surface area contributed by atoms with Crippen LogP contribution in [0.15, 0.2) is 42.6 Å². The van der Waals surface area contributed by atoms with E-state index in [1.807, 2.05) is 31.2 Å². The molecule has 0 saturated heterocycles. The standard InChI is InChI=1S/C17H19ClN2O2/c1-12(7-9-21)11-20-17(22)14-10-13(5-6-15(14)18)16-4-2-3-8-19-16/h2-6,8,10,12,21H,7,9,11H2,1H3,(H,20,22). The van der Waals surface area contributed by atoms with Crippen molar-refractivity contribution < 1.29 is 9.90 Å². The first-order valence-corrected chi connectivity index (χ1v) is 7.59. The molecule has 2 aromatic rings. The molecule has 1 aromatic carbocycles. The van der Waals surface area contributed by atoms with E-state index in [0.29, 0.717) is 23.6 Å². The van der Waals surface area contributed by atoms with Crippen molar-refractivity contribution in [2.45, 2.75) is 13.3 Å². The second kappa shape index (κ2) is 7.92. The van der Waals surface area contributed by atoms with Gasteiger partial charge in [0, 0.05) is 24.9 Å². The minimum absolute atomic E-state index is 0.118. The molecule has 1 aromatic heterocycles. The maximum atomic E-state index is 12.3. The quantitative estimate of drug-likeness (QED) is 0.860. The van der Waals surface area contributed by atoms with Crippen LogP contribution >= 0.6 is 11.6 Å². The zero-order chi connectivity index (χ0) is 15.9. The van der Waals surface area contributed by atoms with E-state index in [-0.39, 0.29) is 18.4 Å². The van der Waals surface area contributed by atoms with E-state index in [2.05, 4.69) is 10.3 Å². The van der Waals surface area contributed by atoms with E-state index in [0.717, 1.165) is 11.3 Å². The van der Waals surface area contributed by atoms with Crippen molar-refractivity contribution >= 4 is 17.5 Å². The number of nitrogens with one attached hydrogen (secondary N) is 1. The predicted octanol–water partition coefficient (Wildman–Crippen LogP) is 3.15. The van der Waals surface area contributed by atoms with Crippen LogP contribution in [-0.2, 0) is 0 Å². The van der Waals surface area contributed by atoms with E-state index in [9.17, 15) is 4.79 Å². The topological polar surface area (TPSA) is 62.2 Å². The van der Waals surface area contributed by atoms with Crippen molar-refractivity contribution in [3.63, 3.8) is 0 Å². The third-order valence-electron chi connectivity index (χ3n) is 3.40. The Labute approximate surface area is 135 Å². The lowest BCUT2D eigenvalue weighted by molar-refractivity contribution is 0.0945. The molecule has 4 nitrogen and oxygen atoms in total. The Morgan fingerprint density at radius 3 is 2.86 bits per heavy atom. The lowest BCUT2D eigenvalue weighted by atomic mass is 10.1. The fraction of sp³-hybridized carbons (Fsp3) is 0.294. The highest BCUT2D eigenvalue weighted by Crippen LogP contribution is 2.23. The van der Waals surface area contributed by atoms with E-state index in [4.69, 9.17) is 16.7 Å². The van der Waals surface area contributed by atoms with Crippen LogP contribution in [0, 0.1) is 5.92 Å². The molecule has 2 rings (SSSR count). The molecule has 0 bridgehead atoms. The molecule has 1 heterocycles. The highest BCUT2D eigenvalue weighted by atomic mass is 35.5. The average molecular weight is 319 g/mol. The minimum Gasteiger partial charge on any atom is -0.396 e. The smallest absolute Gasteiger partial charge is 0.252 e. The van der Waals surface area contributed by atoms with Gasteiger partial charge in [-0.3, -0.25) is 9.78 Å². The van der Waals surface area contributed by atoms with Gasteiger partial charge in [0.2, 0.25) is 0 Å². The first kappa shape index (κ1) is 16.5. The van der Waals surface area contributed by atoms with Gasteiger partial charge in [-0.2, -0.15) is 0 Å². The van der Waals surface area contributed by atoms with Crippen LogP contribution in [0.25, 0.3) is 11.3 Å². The molecule has 0 saturated carbocycles. The Kier molecular flexibility index (Phi) is 5.92. The van der Waals surface area contributed by atoms with Crippen LogP contribution in [-0.4, -0.2) is 29.1 Å². The summed E-state index contributed by atoms with van der Waals surface area (Å²) in [5, 5.41) is 12.1. The SMILES string of the molecule is CC(CCO)CNC(=O)c1cc(-c2ccccn2)ccc1Cl. The van der Waals surface area contributed by atoms with Gasteiger partial charge in [0.15, 0.2) is 0 Å². The number of hydrogen-bond acceptors (Lipinski definition) is 3. The highest BCUT2D eigenvalue weighted by molar-refractivity contribution is 6.34. The fourth-order valence-electron chi connectivity index (χ4n) is 2.08. The van der Waals surface area contributed by atoms with Crippen molar-refractivity contribution in [2.75, 3.05) is 13.2 Å². The number of halogens is 1.